The number of aromatic amines is 1. The second-order valence-electron chi connectivity index (χ2n) is 4.58. The summed E-state index contributed by atoms with van der Waals surface area (Å²) in [5, 5.41) is 20.3. The van der Waals surface area contributed by atoms with Gasteiger partial charge in [0, 0.05) is 11.1 Å². The molecule has 0 amide bonds. The molecule has 0 spiro atoms. The quantitative estimate of drug-likeness (QED) is 0.771. The second kappa shape index (κ2) is 5.76. The van der Waals surface area contributed by atoms with Crippen LogP contribution in [0.1, 0.15) is 5.56 Å². The molecule has 2 N–H and O–H groups in total. The van der Waals surface area contributed by atoms with Gasteiger partial charge in [-0.25, -0.2) is 0 Å². The van der Waals surface area contributed by atoms with Gasteiger partial charge in [0.2, 0.25) is 0 Å². The number of aliphatic hydroxyl groups is 1. The fourth-order valence-corrected chi connectivity index (χ4v) is 2.23. The maximum Gasteiger partial charge on any atom is 0.128 e. The number of benzene rings is 2. The van der Waals surface area contributed by atoms with E-state index in [2.05, 4.69) is 15.4 Å². The van der Waals surface area contributed by atoms with Gasteiger partial charge in [-0.2, -0.15) is 15.4 Å². The Morgan fingerprint density at radius 3 is 2.43 bits per heavy atom. The first-order valence-corrected chi connectivity index (χ1v) is 6.58. The SMILES string of the molecule is COc1ccccc1-c1n[nH]nc1-c1ccc(CO)cc1. The van der Waals surface area contributed by atoms with Crippen LogP contribution in [0.2, 0.25) is 0 Å². The lowest BCUT2D eigenvalue weighted by Crippen LogP contribution is -1.90. The van der Waals surface area contributed by atoms with Crippen molar-refractivity contribution in [1.29, 1.82) is 0 Å². The number of aromatic nitrogens is 3. The summed E-state index contributed by atoms with van der Waals surface area (Å²) < 4.78 is 5.38. The van der Waals surface area contributed by atoms with Crippen molar-refractivity contribution >= 4 is 0 Å². The molecule has 0 saturated carbocycles. The maximum absolute atomic E-state index is 9.11. The highest BCUT2D eigenvalue weighted by Gasteiger charge is 2.15. The predicted octanol–water partition coefficient (Wildman–Crippen LogP) is 2.64. The van der Waals surface area contributed by atoms with Crippen molar-refractivity contribution in [2.75, 3.05) is 7.11 Å². The number of aliphatic hydroxyl groups excluding tert-OH is 1. The van der Waals surface area contributed by atoms with Crippen molar-refractivity contribution in [3.05, 3.63) is 54.1 Å². The molecular formula is C16H15N3O2. The summed E-state index contributed by atoms with van der Waals surface area (Å²) in [6.45, 7) is 0.0263. The van der Waals surface area contributed by atoms with E-state index in [0.717, 1.165) is 33.8 Å². The van der Waals surface area contributed by atoms with Crippen molar-refractivity contribution in [2.45, 2.75) is 6.61 Å². The lowest BCUT2D eigenvalue weighted by molar-refractivity contribution is 0.282. The minimum atomic E-state index is 0.0263. The molecule has 0 bridgehead atoms. The minimum absolute atomic E-state index is 0.0263. The number of hydrogen-bond acceptors (Lipinski definition) is 4. The topological polar surface area (TPSA) is 71.0 Å². The maximum atomic E-state index is 9.11. The van der Waals surface area contributed by atoms with Gasteiger partial charge in [0.05, 0.1) is 13.7 Å². The molecule has 0 radical (unpaired) electrons. The third-order valence-corrected chi connectivity index (χ3v) is 3.32. The zero-order valence-electron chi connectivity index (χ0n) is 11.6. The van der Waals surface area contributed by atoms with E-state index in [1.165, 1.54) is 0 Å². The largest absolute Gasteiger partial charge is 0.496 e. The summed E-state index contributed by atoms with van der Waals surface area (Å²) in [5.74, 6) is 0.750. The fourth-order valence-electron chi connectivity index (χ4n) is 2.23. The number of rotatable bonds is 4. The lowest BCUT2D eigenvalue weighted by Gasteiger charge is -2.07. The number of hydrogen-bond donors (Lipinski definition) is 2. The number of nitrogens with one attached hydrogen (secondary N) is 1. The highest BCUT2D eigenvalue weighted by Crippen LogP contribution is 2.34. The highest BCUT2D eigenvalue weighted by atomic mass is 16.5. The smallest absolute Gasteiger partial charge is 0.128 e. The van der Waals surface area contributed by atoms with E-state index in [1.54, 1.807) is 7.11 Å². The molecule has 0 aliphatic rings. The van der Waals surface area contributed by atoms with Gasteiger partial charge in [-0.1, -0.05) is 36.4 Å². The Kier molecular flexibility index (Phi) is 3.66. The Morgan fingerprint density at radius 1 is 1.00 bits per heavy atom. The number of methoxy groups -OCH3 is 1. The van der Waals surface area contributed by atoms with Crippen LogP contribution < -0.4 is 4.74 Å². The van der Waals surface area contributed by atoms with Gasteiger partial charge in [0.1, 0.15) is 17.1 Å². The zero-order chi connectivity index (χ0) is 14.7. The molecule has 1 heterocycles. The van der Waals surface area contributed by atoms with Gasteiger partial charge in [-0.3, -0.25) is 0 Å². The van der Waals surface area contributed by atoms with Crippen molar-refractivity contribution < 1.29 is 9.84 Å². The average Bonchev–Trinajstić information content (AvgIpc) is 3.04. The lowest BCUT2D eigenvalue weighted by atomic mass is 10.0. The van der Waals surface area contributed by atoms with Crippen LogP contribution in [0, 0.1) is 0 Å². The molecule has 1 aromatic heterocycles. The molecule has 106 valence electrons. The van der Waals surface area contributed by atoms with Crippen LogP contribution in [0.15, 0.2) is 48.5 Å². The van der Waals surface area contributed by atoms with Gasteiger partial charge >= 0.3 is 0 Å². The molecule has 0 atom stereocenters. The first-order valence-electron chi connectivity index (χ1n) is 6.58. The van der Waals surface area contributed by atoms with Crippen LogP contribution in [-0.2, 0) is 6.61 Å². The Bertz CT molecular complexity index is 735. The van der Waals surface area contributed by atoms with E-state index in [9.17, 15) is 0 Å². The van der Waals surface area contributed by atoms with Crippen LogP contribution in [0.3, 0.4) is 0 Å². The van der Waals surface area contributed by atoms with Crippen LogP contribution in [0.25, 0.3) is 22.5 Å². The number of ether oxygens (including phenoxy) is 1. The molecule has 0 aliphatic heterocycles. The molecule has 0 saturated heterocycles. The Hall–Kier alpha value is -2.66. The molecule has 0 unspecified atom stereocenters. The fraction of sp³-hybridized carbons (Fsp3) is 0.125. The van der Waals surface area contributed by atoms with Crippen molar-refractivity contribution in [3.8, 4) is 28.3 Å². The first-order chi connectivity index (χ1) is 10.3. The molecule has 21 heavy (non-hydrogen) atoms. The molecule has 2 aromatic carbocycles. The van der Waals surface area contributed by atoms with Crippen molar-refractivity contribution in [1.82, 2.24) is 15.4 Å². The van der Waals surface area contributed by atoms with Gasteiger partial charge < -0.3 is 9.84 Å². The zero-order valence-corrected chi connectivity index (χ0v) is 11.6. The summed E-state index contributed by atoms with van der Waals surface area (Å²) in [6.07, 6.45) is 0. The third kappa shape index (κ3) is 2.51. The number of nitrogens with zero attached hydrogens (tertiary/aromatic N) is 2. The van der Waals surface area contributed by atoms with Gasteiger partial charge in [0.15, 0.2) is 0 Å². The molecule has 3 aromatic rings. The number of para-hydroxylation sites is 1. The van der Waals surface area contributed by atoms with Gasteiger partial charge in [0.25, 0.3) is 0 Å². The predicted molar refractivity (Wildman–Crippen MR) is 79.7 cm³/mol. The van der Waals surface area contributed by atoms with Gasteiger partial charge in [-0.15, -0.1) is 0 Å². The summed E-state index contributed by atoms with van der Waals surface area (Å²) in [5.41, 5.74) is 4.17. The normalized spacial score (nSPS) is 10.6. The molecule has 5 heteroatoms. The van der Waals surface area contributed by atoms with Crippen LogP contribution in [0.4, 0.5) is 0 Å². The van der Waals surface area contributed by atoms with E-state index in [0.29, 0.717) is 0 Å². The third-order valence-electron chi connectivity index (χ3n) is 3.32. The molecule has 0 aliphatic carbocycles. The molecule has 0 fully saturated rings. The second-order valence-corrected chi connectivity index (χ2v) is 4.58. The standard InChI is InChI=1S/C16H15N3O2/c1-21-14-5-3-2-4-13(14)16-15(17-19-18-16)12-8-6-11(10-20)7-9-12/h2-9,20H,10H2,1H3,(H,17,18,19). The number of H-pyrrole nitrogens is 1. The minimum Gasteiger partial charge on any atom is -0.496 e. The van der Waals surface area contributed by atoms with Crippen LogP contribution in [0.5, 0.6) is 5.75 Å². The molecule has 3 rings (SSSR count). The first kappa shape index (κ1) is 13.3. The Balaban J connectivity index is 2.08. The summed E-state index contributed by atoms with van der Waals surface area (Å²) >= 11 is 0. The van der Waals surface area contributed by atoms with E-state index >= 15 is 0 Å². The van der Waals surface area contributed by atoms with E-state index in [4.69, 9.17) is 9.84 Å². The van der Waals surface area contributed by atoms with E-state index < -0.39 is 0 Å². The summed E-state index contributed by atoms with van der Waals surface area (Å²) in [6, 6.07) is 15.3. The monoisotopic (exact) mass is 281 g/mol. The van der Waals surface area contributed by atoms with Crippen molar-refractivity contribution in [3.63, 3.8) is 0 Å². The molecular weight excluding hydrogens is 266 g/mol. The van der Waals surface area contributed by atoms with E-state index in [1.807, 2.05) is 48.5 Å². The molecule has 5 nitrogen and oxygen atoms in total. The Morgan fingerprint density at radius 2 is 1.71 bits per heavy atom. The van der Waals surface area contributed by atoms with Gasteiger partial charge in [-0.05, 0) is 17.7 Å². The Labute approximate surface area is 122 Å². The van der Waals surface area contributed by atoms with Crippen molar-refractivity contribution in [2.24, 2.45) is 0 Å². The van der Waals surface area contributed by atoms with Crippen LogP contribution in [-0.4, -0.2) is 27.6 Å². The van der Waals surface area contributed by atoms with E-state index in [-0.39, 0.29) is 6.61 Å². The highest BCUT2D eigenvalue weighted by molar-refractivity contribution is 5.80. The summed E-state index contributed by atoms with van der Waals surface area (Å²) in [4.78, 5) is 0. The van der Waals surface area contributed by atoms with Crippen LogP contribution >= 0.6 is 0 Å². The average molecular weight is 281 g/mol. The summed E-state index contributed by atoms with van der Waals surface area (Å²) in [7, 11) is 1.63.